The second-order valence-corrected chi connectivity index (χ2v) is 3.29. The van der Waals surface area contributed by atoms with Gasteiger partial charge in [-0.1, -0.05) is 0 Å². The van der Waals surface area contributed by atoms with Crippen LogP contribution in [0.1, 0.15) is 13.8 Å². The van der Waals surface area contributed by atoms with Gasteiger partial charge in [-0.05, 0) is 13.8 Å². The lowest BCUT2D eigenvalue weighted by Gasteiger charge is -2.18. The standard InChI is InChI=1S/C9H16N2O6/c1-3-17-9(16)5(10)7(13)11-6(4(2)12)8(14)15/h4-6,12H,3,10H2,1-2H3,(H,11,13)(H,14,15)/t4-,5?,6+/m1/s1. The number of aliphatic hydroxyl groups excluding tert-OH is 1. The van der Waals surface area contributed by atoms with Crippen LogP contribution in [0.3, 0.4) is 0 Å². The average molecular weight is 248 g/mol. The van der Waals surface area contributed by atoms with Crippen molar-refractivity contribution in [3.63, 3.8) is 0 Å². The molecule has 8 heteroatoms. The second kappa shape index (κ2) is 6.81. The van der Waals surface area contributed by atoms with E-state index in [9.17, 15) is 14.4 Å². The summed E-state index contributed by atoms with van der Waals surface area (Å²) in [6, 6.07) is -3.14. The SMILES string of the molecule is CCOC(=O)C(N)C(=O)N[C@H](C(=O)O)[C@@H](C)O. The van der Waals surface area contributed by atoms with Crippen LogP contribution in [0.4, 0.5) is 0 Å². The molecule has 0 aliphatic heterocycles. The van der Waals surface area contributed by atoms with Crippen LogP contribution in [0.2, 0.25) is 0 Å². The summed E-state index contributed by atoms with van der Waals surface area (Å²) in [5.41, 5.74) is 5.23. The summed E-state index contributed by atoms with van der Waals surface area (Å²) in [7, 11) is 0. The van der Waals surface area contributed by atoms with Crippen LogP contribution in [0.25, 0.3) is 0 Å². The molecule has 0 bridgehead atoms. The number of rotatable bonds is 6. The Morgan fingerprint density at radius 2 is 1.94 bits per heavy atom. The zero-order valence-electron chi connectivity index (χ0n) is 9.54. The van der Waals surface area contributed by atoms with Gasteiger partial charge in [0.2, 0.25) is 5.91 Å². The van der Waals surface area contributed by atoms with Crippen LogP contribution >= 0.6 is 0 Å². The third-order valence-corrected chi connectivity index (χ3v) is 1.87. The number of carbonyl (C=O) groups excluding carboxylic acids is 2. The Balaban J connectivity index is 4.51. The summed E-state index contributed by atoms with van der Waals surface area (Å²) >= 11 is 0. The maximum Gasteiger partial charge on any atom is 0.332 e. The highest BCUT2D eigenvalue weighted by Gasteiger charge is 2.30. The van der Waals surface area contributed by atoms with Crippen LogP contribution in [0, 0.1) is 0 Å². The molecule has 8 nitrogen and oxygen atoms in total. The fraction of sp³-hybridized carbons (Fsp3) is 0.667. The molecule has 0 saturated heterocycles. The number of esters is 1. The lowest BCUT2D eigenvalue weighted by Crippen LogP contribution is -2.55. The molecule has 0 radical (unpaired) electrons. The normalized spacial score (nSPS) is 15.5. The van der Waals surface area contributed by atoms with Gasteiger partial charge in [-0.25, -0.2) is 9.59 Å². The van der Waals surface area contributed by atoms with E-state index in [1.165, 1.54) is 6.92 Å². The first-order chi connectivity index (χ1) is 7.81. The maximum absolute atomic E-state index is 11.4. The van der Waals surface area contributed by atoms with E-state index in [2.05, 4.69) is 4.74 Å². The van der Waals surface area contributed by atoms with Gasteiger partial charge in [-0.2, -0.15) is 0 Å². The van der Waals surface area contributed by atoms with Crippen molar-refractivity contribution in [2.24, 2.45) is 5.73 Å². The number of aliphatic carboxylic acids is 1. The molecular weight excluding hydrogens is 232 g/mol. The monoisotopic (exact) mass is 248 g/mol. The molecule has 17 heavy (non-hydrogen) atoms. The molecule has 0 saturated carbocycles. The van der Waals surface area contributed by atoms with Gasteiger partial charge in [0.15, 0.2) is 12.1 Å². The summed E-state index contributed by atoms with van der Waals surface area (Å²) in [5.74, 6) is -3.40. The highest BCUT2D eigenvalue weighted by atomic mass is 16.5. The Morgan fingerprint density at radius 1 is 1.41 bits per heavy atom. The van der Waals surface area contributed by atoms with E-state index in [0.29, 0.717) is 0 Å². The lowest BCUT2D eigenvalue weighted by molar-refractivity contribution is -0.151. The van der Waals surface area contributed by atoms with Crippen molar-refractivity contribution in [1.29, 1.82) is 0 Å². The summed E-state index contributed by atoms with van der Waals surface area (Å²) in [5, 5.41) is 19.7. The molecule has 0 spiro atoms. The first kappa shape index (κ1) is 15.3. The summed E-state index contributed by atoms with van der Waals surface area (Å²) in [6.07, 6.45) is -1.31. The smallest absolute Gasteiger partial charge is 0.332 e. The van der Waals surface area contributed by atoms with Gasteiger partial charge in [0.25, 0.3) is 0 Å². The number of nitrogens with two attached hydrogens (primary N) is 1. The summed E-state index contributed by atoms with van der Waals surface area (Å²) in [6.45, 7) is 2.78. The quantitative estimate of drug-likeness (QED) is 0.310. The molecule has 1 unspecified atom stereocenters. The number of aliphatic hydroxyl groups is 1. The number of amides is 1. The van der Waals surface area contributed by atoms with E-state index < -0.39 is 36.0 Å². The predicted molar refractivity (Wildman–Crippen MR) is 55.9 cm³/mol. The fourth-order valence-electron chi connectivity index (χ4n) is 0.971. The van der Waals surface area contributed by atoms with Gasteiger partial charge < -0.3 is 26.0 Å². The largest absolute Gasteiger partial charge is 0.480 e. The van der Waals surface area contributed by atoms with Crippen molar-refractivity contribution in [2.45, 2.75) is 32.0 Å². The second-order valence-electron chi connectivity index (χ2n) is 3.29. The number of carboxylic acid groups (broad SMARTS) is 1. The number of carboxylic acids is 1. The first-order valence-corrected chi connectivity index (χ1v) is 4.94. The number of hydrogen-bond donors (Lipinski definition) is 4. The molecule has 0 aromatic heterocycles. The van der Waals surface area contributed by atoms with Gasteiger partial charge in [0, 0.05) is 0 Å². The van der Waals surface area contributed by atoms with Crippen molar-refractivity contribution in [2.75, 3.05) is 6.61 Å². The number of hydrogen-bond acceptors (Lipinski definition) is 6. The molecule has 0 aliphatic rings. The minimum Gasteiger partial charge on any atom is -0.480 e. The molecule has 3 atom stereocenters. The van der Waals surface area contributed by atoms with Crippen LogP contribution in [0.5, 0.6) is 0 Å². The van der Waals surface area contributed by atoms with E-state index in [4.69, 9.17) is 15.9 Å². The van der Waals surface area contributed by atoms with Crippen molar-refractivity contribution >= 4 is 17.8 Å². The van der Waals surface area contributed by atoms with Crippen LogP contribution in [-0.4, -0.2) is 52.9 Å². The zero-order chi connectivity index (χ0) is 13.6. The van der Waals surface area contributed by atoms with Gasteiger partial charge in [-0.3, -0.25) is 4.79 Å². The fourth-order valence-corrected chi connectivity index (χ4v) is 0.971. The summed E-state index contributed by atoms with van der Waals surface area (Å²) < 4.78 is 4.49. The maximum atomic E-state index is 11.4. The van der Waals surface area contributed by atoms with E-state index in [-0.39, 0.29) is 6.61 Å². The molecule has 1 amide bonds. The Labute approximate surface area is 97.7 Å². The molecule has 98 valence electrons. The van der Waals surface area contributed by atoms with E-state index in [0.717, 1.165) is 0 Å². The summed E-state index contributed by atoms with van der Waals surface area (Å²) in [4.78, 5) is 33.1. The number of nitrogens with one attached hydrogen (secondary N) is 1. The molecule has 0 heterocycles. The number of carbonyl (C=O) groups is 3. The van der Waals surface area contributed by atoms with E-state index in [1.807, 2.05) is 5.32 Å². The number of ether oxygens (including phenoxy) is 1. The van der Waals surface area contributed by atoms with Gasteiger partial charge in [0.05, 0.1) is 12.7 Å². The minimum absolute atomic E-state index is 0.0541. The zero-order valence-corrected chi connectivity index (χ0v) is 9.54. The van der Waals surface area contributed by atoms with Gasteiger partial charge in [-0.15, -0.1) is 0 Å². The molecule has 0 aromatic rings. The van der Waals surface area contributed by atoms with Crippen molar-refractivity contribution < 1.29 is 29.3 Å². The Hall–Kier alpha value is -1.67. The first-order valence-electron chi connectivity index (χ1n) is 4.94. The Kier molecular flexibility index (Phi) is 6.15. The van der Waals surface area contributed by atoms with Crippen LogP contribution < -0.4 is 11.1 Å². The topological polar surface area (TPSA) is 139 Å². The predicted octanol–water partition coefficient (Wildman–Crippen LogP) is -2.17. The van der Waals surface area contributed by atoms with Gasteiger partial charge >= 0.3 is 11.9 Å². The molecule has 0 aromatic carbocycles. The van der Waals surface area contributed by atoms with E-state index >= 15 is 0 Å². The molecule has 0 aliphatic carbocycles. The van der Waals surface area contributed by atoms with Crippen molar-refractivity contribution in [1.82, 2.24) is 5.32 Å². The lowest BCUT2D eigenvalue weighted by atomic mass is 10.1. The Bertz CT molecular complexity index is 304. The highest BCUT2D eigenvalue weighted by Crippen LogP contribution is 1.95. The van der Waals surface area contributed by atoms with Crippen molar-refractivity contribution in [3.05, 3.63) is 0 Å². The van der Waals surface area contributed by atoms with Crippen LogP contribution in [-0.2, 0) is 19.1 Å². The van der Waals surface area contributed by atoms with Crippen molar-refractivity contribution in [3.8, 4) is 0 Å². The third-order valence-electron chi connectivity index (χ3n) is 1.87. The molecular formula is C9H16N2O6. The Morgan fingerprint density at radius 3 is 2.29 bits per heavy atom. The molecule has 0 rings (SSSR count). The molecule has 5 N–H and O–H groups in total. The van der Waals surface area contributed by atoms with E-state index in [1.54, 1.807) is 6.92 Å². The highest BCUT2D eigenvalue weighted by molar-refractivity contribution is 6.02. The van der Waals surface area contributed by atoms with Crippen LogP contribution in [0.15, 0.2) is 0 Å². The third kappa shape index (κ3) is 4.79. The average Bonchev–Trinajstić information content (AvgIpc) is 2.23. The van der Waals surface area contributed by atoms with Gasteiger partial charge in [0.1, 0.15) is 0 Å². The minimum atomic E-state index is -1.62. The molecule has 0 fully saturated rings.